The lowest BCUT2D eigenvalue weighted by Gasteiger charge is -2.12. The van der Waals surface area contributed by atoms with Crippen LogP contribution in [0.1, 0.15) is 25.8 Å². The van der Waals surface area contributed by atoms with Gasteiger partial charge >= 0.3 is 5.97 Å². The van der Waals surface area contributed by atoms with E-state index in [0.29, 0.717) is 12.0 Å². The Kier molecular flexibility index (Phi) is 4.15. The molecule has 1 aromatic carbocycles. The molecule has 1 aromatic rings. The second-order valence-electron chi connectivity index (χ2n) is 3.84. The van der Waals surface area contributed by atoms with Gasteiger partial charge in [0.05, 0.1) is 0 Å². The Morgan fingerprint density at radius 1 is 1.41 bits per heavy atom. The van der Waals surface area contributed by atoms with E-state index in [1.807, 2.05) is 6.92 Å². The molecule has 92 valence electrons. The minimum atomic E-state index is -0.622. The van der Waals surface area contributed by atoms with Crippen molar-refractivity contribution in [3.63, 3.8) is 0 Å². The van der Waals surface area contributed by atoms with Gasteiger partial charge in [0.1, 0.15) is 0 Å². The van der Waals surface area contributed by atoms with Crippen molar-refractivity contribution in [1.29, 1.82) is 0 Å². The van der Waals surface area contributed by atoms with Gasteiger partial charge in [-0.1, -0.05) is 26.0 Å². The molecular weight excluding hydrogens is 220 g/mol. The van der Waals surface area contributed by atoms with Gasteiger partial charge in [-0.25, -0.2) is 4.79 Å². The average molecular weight is 236 g/mol. The number of hydrogen-bond acceptors (Lipinski definition) is 4. The number of carbonyl (C=O) groups is 1. The summed E-state index contributed by atoms with van der Waals surface area (Å²) in [6, 6.07) is 3.00. The number of rotatable bonds is 4. The number of aromatic hydroxyl groups is 2. The van der Waals surface area contributed by atoms with Gasteiger partial charge in [0, 0.05) is 5.57 Å². The average Bonchev–Trinajstić information content (AvgIpc) is 2.28. The summed E-state index contributed by atoms with van der Waals surface area (Å²) in [4.78, 5) is 11.4. The number of phenols is 2. The third-order valence-corrected chi connectivity index (χ3v) is 2.25. The van der Waals surface area contributed by atoms with Crippen molar-refractivity contribution in [1.82, 2.24) is 0 Å². The first-order chi connectivity index (χ1) is 7.97. The lowest BCUT2D eigenvalue weighted by atomic mass is 10.1. The van der Waals surface area contributed by atoms with Gasteiger partial charge in [-0.15, -0.1) is 0 Å². The summed E-state index contributed by atoms with van der Waals surface area (Å²) in [6.45, 7) is 6.94. The summed E-state index contributed by atoms with van der Waals surface area (Å²) in [5.41, 5.74) is 0.910. The van der Waals surface area contributed by atoms with Crippen molar-refractivity contribution in [2.75, 3.05) is 0 Å². The van der Waals surface area contributed by atoms with Gasteiger partial charge in [0.15, 0.2) is 11.5 Å². The van der Waals surface area contributed by atoms with Crippen LogP contribution in [0.3, 0.4) is 0 Å². The lowest BCUT2D eigenvalue weighted by Crippen LogP contribution is -2.10. The highest BCUT2D eigenvalue weighted by Crippen LogP contribution is 2.39. The fraction of sp³-hybridized carbons (Fsp3) is 0.308. The standard InChI is InChI=1S/C13H16O4/c1-4-5-9-6-7-10(14)11(15)12(9)17-13(16)8(2)3/h6-7,14-15H,2,4-5H2,1,3H3. The van der Waals surface area contributed by atoms with Crippen LogP contribution in [0.4, 0.5) is 0 Å². The molecule has 0 bridgehead atoms. The molecule has 0 aliphatic rings. The molecule has 0 amide bonds. The summed E-state index contributed by atoms with van der Waals surface area (Å²) in [5, 5.41) is 19.1. The van der Waals surface area contributed by atoms with E-state index in [2.05, 4.69) is 6.58 Å². The van der Waals surface area contributed by atoms with Crippen molar-refractivity contribution in [3.8, 4) is 17.2 Å². The molecular formula is C13H16O4. The summed E-state index contributed by atoms with van der Waals surface area (Å²) < 4.78 is 5.02. The zero-order valence-electron chi connectivity index (χ0n) is 9.99. The van der Waals surface area contributed by atoms with Crippen molar-refractivity contribution in [2.24, 2.45) is 0 Å². The summed E-state index contributed by atoms with van der Waals surface area (Å²) in [5.74, 6) is -1.33. The minimum Gasteiger partial charge on any atom is -0.504 e. The molecule has 0 aliphatic heterocycles. The van der Waals surface area contributed by atoms with Crippen LogP contribution in [0.15, 0.2) is 24.3 Å². The molecule has 0 aromatic heterocycles. The molecule has 4 heteroatoms. The monoisotopic (exact) mass is 236 g/mol. The van der Waals surface area contributed by atoms with Crippen LogP contribution in [0.5, 0.6) is 17.2 Å². The van der Waals surface area contributed by atoms with Crippen LogP contribution in [-0.2, 0) is 11.2 Å². The van der Waals surface area contributed by atoms with Crippen molar-refractivity contribution >= 4 is 5.97 Å². The van der Waals surface area contributed by atoms with E-state index in [-0.39, 0.29) is 17.1 Å². The number of ether oxygens (including phenoxy) is 1. The molecule has 0 saturated heterocycles. The maximum absolute atomic E-state index is 11.4. The predicted octanol–water partition coefficient (Wildman–Crippen LogP) is 2.53. The normalized spacial score (nSPS) is 10.0. The Hall–Kier alpha value is -1.97. The SMILES string of the molecule is C=C(C)C(=O)Oc1c(CCC)ccc(O)c1O. The largest absolute Gasteiger partial charge is 0.504 e. The van der Waals surface area contributed by atoms with Crippen LogP contribution in [-0.4, -0.2) is 16.2 Å². The highest BCUT2D eigenvalue weighted by molar-refractivity contribution is 5.89. The Bertz CT molecular complexity index is 449. The summed E-state index contributed by atoms with van der Waals surface area (Å²) in [6.07, 6.45) is 1.48. The zero-order chi connectivity index (χ0) is 13.0. The number of hydrogen-bond donors (Lipinski definition) is 2. The maximum Gasteiger partial charge on any atom is 0.338 e. The van der Waals surface area contributed by atoms with Crippen LogP contribution < -0.4 is 4.74 Å². The van der Waals surface area contributed by atoms with Crippen LogP contribution >= 0.6 is 0 Å². The second-order valence-corrected chi connectivity index (χ2v) is 3.84. The zero-order valence-corrected chi connectivity index (χ0v) is 9.99. The Morgan fingerprint density at radius 2 is 2.06 bits per heavy atom. The van der Waals surface area contributed by atoms with E-state index in [4.69, 9.17) is 4.74 Å². The van der Waals surface area contributed by atoms with Gasteiger partial charge in [0.2, 0.25) is 5.75 Å². The molecule has 0 aliphatic carbocycles. The highest BCUT2D eigenvalue weighted by atomic mass is 16.5. The molecule has 0 heterocycles. The first-order valence-electron chi connectivity index (χ1n) is 5.38. The lowest BCUT2D eigenvalue weighted by molar-refractivity contribution is -0.130. The van der Waals surface area contributed by atoms with E-state index in [1.165, 1.54) is 13.0 Å². The van der Waals surface area contributed by atoms with Crippen LogP contribution in [0, 0.1) is 0 Å². The van der Waals surface area contributed by atoms with Crippen molar-refractivity contribution in [3.05, 3.63) is 29.8 Å². The first-order valence-corrected chi connectivity index (χ1v) is 5.38. The molecule has 0 spiro atoms. The fourth-order valence-corrected chi connectivity index (χ4v) is 1.36. The molecule has 4 nitrogen and oxygen atoms in total. The van der Waals surface area contributed by atoms with Crippen molar-refractivity contribution < 1.29 is 19.7 Å². The van der Waals surface area contributed by atoms with Gasteiger partial charge in [-0.05, 0) is 25.0 Å². The fourth-order valence-electron chi connectivity index (χ4n) is 1.36. The quantitative estimate of drug-likeness (QED) is 0.365. The Balaban J connectivity index is 3.13. The molecule has 2 N–H and O–H groups in total. The topological polar surface area (TPSA) is 66.8 Å². The molecule has 0 unspecified atom stereocenters. The van der Waals surface area contributed by atoms with E-state index in [9.17, 15) is 15.0 Å². The van der Waals surface area contributed by atoms with Gasteiger partial charge < -0.3 is 14.9 Å². The molecule has 0 saturated carbocycles. The number of aryl methyl sites for hydroxylation is 1. The number of benzene rings is 1. The van der Waals surface area contributed by atoms with Crippen molar-refractivity contribution in [2.45, 2.75) is 26.7 Å². The summed E-state index contributed by atoms with van der Waals surface area (Å²) >= 11 is 0. The molecule has 1 rings (SSSR count). The second kappa shape index (κ2) is 5.39. The smallest absolute Gasteiger partial charge is 0.338 e. The summed E-state index contributed by atoms with van der Waals surface area (Å²) in [7, 11) is 0. The highest BCUT2D eigenvalue weighted by Gasteiger charge is 2.17. The van der Waals surface area contributed by atoms with Gasteiger partial charge in [-0.2, -0.15) is 0 Å². The van der Waals surface area contributed by atoms with E-state index in [1.54, 1.807) is 6.07 Å². The Labute approximate surface area is 100 Å². The third-order valence-electron chi connectivity index (χ3n) is 2.25. The van der Waals surface area contributed by atoms with E-state index >= 15 is 0 Å². The maximum atomic E-state index is 11.4. The number of carbonyl (C=O) groups excluding carboxylic acids is 1. The number of phenolic OH excluding ortho intramolecular Hbond substituents is 2. The number of esters is 1. The third kappa shape index (κ3) is 3.00. The molecule has 17 heavy (non-hydrogen) atoms. The Morgan fingerprint density at radius 3 is 2.59 bits per heavy atom. The van der Waals surface area contributed by atoms with E-state index < -0.39 is 11.7 Å². The predicted molar refractivity (Wildman–Crippen MR) is 64.2 cm³/mol. The molecule has 0 radical (unpaired) electrons. The van der Waals surface area contributed by atoms with Gasteiger partial charge in [-0.3, -0.25) is 0 Å². The van der Waals surface area contributed by atoms with Crippen LogP contribution in [0.25, 0.3) is 0 Å². The first kappa shape index (κ1) is 13.1. The minimum absolute atomic E-state index is 0.0138. The van der Waals surface area contributed by atoms with E-state index in [0.717, 1.165) is 6.42 Å². The molecule has 0 fully saturated rings. The van der Waals surface area contributed by atoms with Gasteiger partial charge in [0.25, 0.3) is 0 Å². The van der Waals surface area contributed by atoms with Crippen LogP contribution in [0.2, 0.25) is 0 Å². The molecule has 0 atom stereocenters.